The summed E-state index contributed by atoms with van der Waals surface area (Å²) in [5.41, 5.74) is 1.36. The highest BCUT2D eigenvalue weighted by Crippen LogP contribution is 2.07. The quantitative estimate of drug-likeness (QED) is 0.241. The number of aliphatic imine (C=N–C) groups is 1. The summed E-state index contributed by atoms with van der Waals surface area (Å²) in [4.78, 5) is 6.66. The molecule has 1 atom stereocenters. The predicted molar refractivity (Wildman–Crippen MR) is 120 cm³/mol. The molecule has 1 aromatic carbocycles. The van der Waals surface area contributed by atoms with Gasteiger partial charge in [-0.05, 0) is 44.4 Å². The van der Waals surface area contributed by atoms with Gasteiger partial charge in [0.2, 0.25) is 0 Å². The Labute approximate surface area is 169 Å². The second-order valence-electron chi connectivity index (χ2n) is 5.81. The van der Waals surface area contributed by atoms with Crippen molar-refractivity contribution in [3.8, 4) is 0 Å². The molecule has 0 heterocycles. The maximum Gasteiger partial charge on any atom is 0.190 e. The standard InChI is InChI=1S/C18H32N4S.HI/c1-16(22(3)15-17-9-6-5-7-10-17)11-13-21-18(19-2)20-12-8-14-23-4;/h5-7,9-10,16H,8,11-15H2,1-4H3,(H2,19,20,21);1H. The molecule has 0 saturated carbocycles. The molecule has 0 aliphatic rings. The Morgan fingerprint density at radius 3 is 2.50 bits per heavy atom. The zero-order valence-corrected chi connectivity index (χ0v) is 18.6. The molecule has 2 N–H and O–H groups in total. The van der Waals surface area contributed by atoms with Crippen LogP contribution in [0.15, 0.2) is 35.3 Å². The third kappa shape index (κ3) is 10.4. The summed E-state index contributed by atoms with van der Waals surface area (Å²) in [5.74, 6) is 2.09. The third-order valence-corrected chi connectivity index (χ3v) is 4.62. The lowest BCUT2D eigenvalue weighted by atomic mass is 10.1. The summed E-state index contributed by atoms with van der Waals surface area (Å²) in [6.45, 7) is 5.18. The van der Waals surface area contributed by atoms with E-state index in [1.165, 1.54) is 11.3 Å². The second kappa shape index (κ2) is 14.8. The van der Waals surface area contributed by atoms with E-state index in [0.717, 1.165) is 38.4 Å². The van der Waals surface area contributed by atoms with Gasteiger partial charge in [0.05, 0.1) is 0 Å². The summed E-state index contributed by atoms with van der Waals surface area (Å²) in [6.07, 6.45) is 4.40. The molecule has 4 nitrogen and oxygen atoms in total. The molecule has 0 radical (unpaired) electrons. The fourth-order valence-electron chi connectivity index (χ4n) is 2.29. The average Bonchev–Trinajstić information content (AvgIpc) is 2.57. The summed E-state index contributed by atoms with van der Waals surface area (Å²) < 4.78 is 0. The first-order valence-corrected chi connectivity index (χ1v) is 9.74. The molecule has 0 aliphatic heterocycles. The van der Waals surface area contributed by atoms with Gasteiger partial charge in [0.1, 0.15) is 0 Å². The minimum absolute atomic E-state index is 0. The highest BCUT2D eigenvalue weighted by molar-refractivity contribution is 14.0. The van der Waals surface area contributed by atoms with Gasteiger partial charge in [-0.15, -0.1) is 24.0 Å². The van der Waals surface area contributed by atoms with E-state index in [1.807, 2.05) is 18.8 Å². The van der Waals surface area contributed by atoms with Crippen molar-refractivity contribution in [1.82, 2.24) is 15.5 Å². The van der Waals surface area contributed by atoms with E-state index in [1.54, 1.807) is 0 Å². The number of hydrogen-bond acceptors (Lipinski definition) is 3. The monoisotopic (exact) mass is 464 g/mol. The van der Waals surface area contributed by atoms with Gasteiger partial charge in [0.15, 0.2) is 5.96 Å². The van der Waals surface area contributed by atoms with Gasteiger partial charge in [-0.25, -0.2) is 0 Å². The summed E-state index contributed by atoms with van der Waals surface area (Å²) in [6, 6.07) is 11.2. The van der Waals surface area contributed by atoms with Gasteiger partial charge in [-0.2, -0.15) is 11.8 Å². The Morgan fingerprint density at radius 1 is 1.21 bits per heavy atom. The number of halogens is 1. The van der Waals surface area contributed by atoms with Crippen molar-refractivity contribution in [3.63, 3.8) is 0 Å². The van der Waals surface area contributed by atoms with E-state index in [2.05, 4.69) is 71.1 Å². The first-order valence-electron chi connectivity index (χ1n) is 8.35. The van der Waals surface area contributed by atoms with Crippen LogP contribution in [0.4, 0.5) is 0 Å². The number of guanidine groups is 1. The predicted octanol–water partition coefficient (Wildman–Crippen LogP) is 3.43. The second-order valence-corrected chi connectivity index (χ2v) is 6.80. The molecule has 6 heteroatoms. The number of nitrogens with one attached hydrogen (secondary N) is 2. The molecule has 0 spiro atoms. The fourth-order valence-corrected chi connectivity index (χ4v) is 2.72. The highest BCUT2D eigenvalue weighted by Gasteiger charge is 2.09. The molecule has 0 aromatic heterocycles. The Hall–Kier alpha value is -0.470. The average molecular weight is 464 g/mol. The van der Waals surface area contributed by atoms with Gasteiger partial charge in [-0.1, -0.05) is 30.3 Å². The first kappa shape index (κ1) is 23.5. The van der Waals surface area contributed by atoms with Crippen molar-refractivity contribution in [2.75, 3.05) is 39.2 Å². The number of rotatable bonds is 10. The summed E-state index contributed by atoms with van der Waals surface area (Å²) in [7, 11) is 4.02. The lowest BCUT2D eigenvalue weighted by Gasteiger charge is -2.25. The normalized spacial score (nSPS) is 12.6. The van der Waals surface area contributed by atoms with Crippen LogP contribution in [-0.2, 0) is 6.54 Å². The van der Waals surface area contributed by atoms with Crippen molar-refractivity contribution in [2.24, 2.45) is 4.99 Å². The number of benzene rings is 1. The van der Waals surface area contributed by atoms with Crippen LogP contribution in [-0.4, -0.2) is 56.1 Å². The van der Waals surface area contributed by atoms with Crippen LogP contribution in [0.25, 0.3) is 0 Å². The maximum atomic E-state index is 4.27. The summed E-state index contributed by atoms with van der Waals surface area (Å²) >= 11 is 1.88. The van der Waals surface area contributed by atoms with Crippen LogP contribution >= 0.6 is 35.7 Å². The zero-order valence-electron chi connectivity index (χ0n) is 15.4. The van der Waals surface area contributed by atoms with Crippen molar-refractivity contribution < 1.29 is 0 Å². The van der Waals surface area contributed by atoms with Crippen LogP contribution in [0, 0.1) is 0 Å². The van der Waals surface area contributed by atoms with Crippen LogP contribution in [0.2, 0.25) is 0 Å². The Morgan fingerprint density at radius 2 is 1.88 bits per heavy atom. The molecule has 0 aliphatic carbocycles. The first-order chi connectivity index (χ1) is 11.2. The van der Waals surface area contributed by atoms with E-state index in [0.29, 0.717) is 6.04 Å². The molecule has 0 amide bonds. The van der Waals surface area contributed by atoms with Crippen molar-refractivity contribution in [3.05, 3.63) is 35.9 Å². The SMILES string of the molecule is CN=C(NCCCSC)NCCC(C)N(C)Cc1ccccc1.I. The largest absolute Gasteiger partial charge is 0.356 e. The summed E-state index contributed by atoms with van der Waals surface area (Å²) in [5, 5.41) is 6.76. The minimum Gasteiger partial charge on any atom is -0.356 e. The van der Waals surface area contributed by atoms with Gasteiger partial charge in [0.25, 0.3) is 0 Å². The molecule has 1 rings (SSSR count). The van der Waals surface area contributed by atoms with E-state index in [4.69, 9.17) is 0 Å². The number of nitrogens with zero attached hydrogens (tertiary/aromatic N) is 2. The van der Waals surface area contributed by atoms with Gasteiger partial charge in [-0.3, -0.25) is 9.89 Å². The van der Waals surface area contributed by atoms with Gasteiger partial charge in [0, 0.05) is 32.7 Å². The maximum absolute atomic E-state index is 4.27. The molecule has 0 fully saturated rings. The Balaban J connectivity index is 0.00000529. The van der Waals surface area contributed by atoms with Crippen molar-refractivity contribution in [1.29, 1.82) is 0 Å². The molecule has 24 heavy (non-hydrogen) atoms. The molecular formula is C18H33IN4S. The van der Waals surface area contributed by atoms with E-state index in [-0.39, 0.29) is 24.0 Å². The van der Waals surface area contributed by atoms with Crippen LogP contribution in [0.3, 0.4) is 0 Å². The molecular weight excluding hydrogens is 431 g/mol. The lowest BCUT2D eigenvalue weighted by molar-refractivity contribution is 0.238. The molecule has 138 valence electrons. The minimum atomic E-state index is 0. The van der Waals surface area contributed by atoms with Crippen LogP contribution in [0.1, 0.15) is 25.3 Å². The van der Waals surface area contributed by atoms with E-state index >= 15 is 0 Å². The number of thioether (sulfide) groups is 1. The highest BCUT2D eigenvalue weighted by atomic mass is 127. The lowest BCUT2D eigenvalue weighted by Crippen LogP contribution is -2.40. The molecule has 0 saturated heterocycles. The smallest absolute Gasteiger partial charge is 0.190 e. The molecule has 1 aromatic rings. The van der Waals surface area contributed by atoms with Crippen LogP contribution < -0.4 is 10.6 Å². The van der Waals surface area contributed by atoms with Gasteiger partial charge >= 0.3 is 0 Å². The molecule has 0 bridgehead atoms. The van der Waals surface area contributed by atoms with Gasteiger partial charge < -0.3 is 10.6 Å². The van der Waals surface area contributed by atoms with E-state index in [9.17, 15) is 0 Å². The zero-order chi connectivity index (χ0) is 16.9. The topological polar surface area (TPSA) is 39.7 Å². The third-order valence-electron chi connectivity index (χ3n) is 3.92. The Kier molecular flexibility index (Phi) is 14.5. The molecule has 1 unspecified atom stereocenters. The van der Waals surface area contributed by atoms with Crippen molar-refractivity contribution >= 4 is 41.7 Å². The van der Waals surface area contributed by atoms with Crippen molar-refractivity contribution in [2.45, 2.75) is 32.4 Å². The number of hydrogen-bond donors (Lipinski definition) is 2. The Bertz CT molecular complexity index is 442. The van der Waals surface area contributed by atoms with E-state index < -0.39 is 0 Å². The fraction of sp³-hybridized carbons (Fsp3) is 0.611. The van der Waals surface area contributed by atoms with Crippen LogP contribution in [0.5, 0.6) is 0 Å².